The van der Waals surface area contributed by atoms with E-state index in [0.29, 0.717) is 10.8 Å². The molecule has 0 atom stereocenters. The van der Waals surface area contributed by atoms with E-state index in [-0.39, 0.29) is 21.9 Å². The summed E-state index contributed by atoms with van der Waals surface area (Å²) in [7, 11) is 0. The predicted octanol–water partition coefficient (Wildman–Crippen LogP) is 3.25. The van der Waals surface area contributed by atoms with Crippen LogP contribution in [-0.2, 0) is 4.79 Å². The minimum atomic E-state index is -1.24. The maximum Gasteiger partial charge on any atom is 0.322 e. The number of carbonyl (C=O) groups is 2. The number of halogens is 2. The summed E-state index contributed by atoms with van der Waals surface area (Å²) in [5.74, 6) is -2.06. The highest BCUT2D eigenvalue weighted by Gasteiger charge is 2.20. The number of benzene rings is 1. The Balaban J connectivity index is 1.97. The maximum atomic E-state index is 12.0. The molecule has 3 rings (SSSR count). The molecule has 0 unspecified atom stereocenters. The number of nitrogens with one attached hydrogen (secondary N) is 1. The van der Waals surface area contributed by atoms with Crippen LogP contribution in [0.1, 0.15) is 10.5 Å². The molecule has 1 amide bonds. The molecule has 0 saturated heterocycles. The van der Waals surface area contributed by atoms with Crippen molar-refractivity contribution in [1.82, 2.24) is 15.3 Å². The lowest BCUT2D eigenvalue weighted by atomic mass is 10.2. The zero-order valence-corrected chi connectivity index (χ0v) is 15.0. The van der Waals surface area contributed by atoms with E-state index >= 15 is 0 Å². The number of nitrogens with zero attached hydrogens (tertiary/aromatic N) is 2. The molecule has 3 N–H and O–H groups in total. The summed E-state index contributed by atoms with van der Waals surface area (Å²) in [6.45, 7) is -0.627. The van der Waals surface area contributed by atoms with Crippen molar-refractivity contribution in [3.05, 3.63) is 52.3 Å². The lowest BCUT2D eigenvalue weighted by Crippen LogP contribution is -2.30. The molecule has 27 heavy (non-hydrogen) atoms. The fourth-order valence-corrected chi connectivity index (χ4v) is 2.62. The first-order chi connectivity index (χ1) is 12.9. The van der Waals surface area contributed by atoms with Crippen LogP contribution in [0.15, 0.2) is 36.4 Å². The number of hydrogen-bond acceptors (Lipinski definition) is 6. The number of hydrogen-bond donors (Lipinski definition) is 3. The average Bonchev–Trinajstić information content (AvgIpc) is 2.64. The van der Waals surface area contributed by atoms with Gasteiger partial charge in [-0.15, -0.1) is 0 Å². The predicted molar refractivity (Wildman–Crippen MR) is 97.7 cm³/mol. The van der Waals surface area contributed by atoms with Crippen LogP contribution in [0.5, 0.6) is 17.4 Å². The van der Waals surface area contributed by atoms with Gasteiger partial charge >= 0.3 is 5.97 Å². The Labute approximate surface area is 162 Å². The number of fused-ring (bicyclic) bond motifs is 1. The maximum absolute atomic E-state index is 12.0. The largest absolute Gasteiger partial charge is 0.505 e. The van der Waals surface area contributed by atoms with Gasteiger partial charge in [0, 0.05) is 11.5 Å². The van der Waals surface area contributed by atoms with Crippen LogP contribution in [0.25, 0.3) is 10.9 Å². The number of ether oxygens (including phenoxy) is 1. The SMILES string of the molecule is O=C(O)CNC(=O)c1nc(Cl)c2nc(Oc3ccccc3Cl)ccc2c1O. The summed E-state index contributed by atoms with van der Waals surface area (Å²) in [5, 5.41) is 21.4. The van der Waals surface area contributed by atoms with Crippen molar-refractivity contribution in [2.24, 2.45) is 0 Å². The minimum absolute atomic E-state index is 0.105. The number of carbonyl (C=O) groups excluding carboxylic acids is 1. The van der Waals surface area contributed by atoms with Gasteiger partial charge in [-0.25, -0.2) is 9.97 Å². The summed E-state index contributed by atoms with van der Waals surface area (Å²) in [6.07, 6.45) is 0. The van der Waals surface area contributed by atoms with E-state index < -0.39 is 29.9 Å². The van der Waals surface area contributed by atoms with E-state index in [1.165, 1.54) is 12.1 Å². The standard InChI is InChI=1S/C17H11Cl2N3O5/c18-9-3-1-2-4-10(9)27-11-6-5-8-13(21-11)16(19)22-14(15(8)25)17(26)20-7-12(23)24/h1-6,25H,7H2,(H,20,26)(H,23,24). The Morgan fingerprint density at radius 1 is 1.11 bits per heavy atom. The molecule has 3 aromatic rings. The molecule has 0 saturated carbocycles. The molecular weight excluding hydrogens is 397 g/mol. The van der Waals surface area contributed by atoms with Crippen molar-refractivity contribution in [1.29, 1.82) is 0 Å². The van der Waals surface area contributed by atoms with E-state index in [0.717, 1.165) is 0 Å². The molecule has 2 aromatic heterocycles. The Morgan fingerprint density at radius 3 is 2.56 bits per heavy atom. The molecule has 1 aromatic carbocycles. The van der Waals surface area contributed by atoms with Gasteiger partial charge in [0.15, 0.2) is 16.6 Å². The monoisotopic (exact) mass is 407 g/mol. The second kappa shape index (κ2) is 7.65. The first-order valence-electron chi connectivity index (χ1n) is 7.48. The Morgan fingerprint density at radius 2 is 1.85 bits per heavy atom. The van der Waals surface area contributed by atoms with Crippen molar-refractivity contribution < 1.29 is 24.5 Å². The Hall–Kier alpha value is -3.10. The van der Waals surface area contributed by atoms with Gasteiger partial charge in [0.05, 0.1) is 5.02 Å². The zero-order chi connectivity index (χ0) is 19.6. The molecule has 0 spiro atoms. The fourth-order valence-electron chi connectivity index (χ4n) is 2.22. The van der Waals surface area contributed by atoms with Gasteiger partial charge in [0.2, 0.25) is 5.88 Å². The summed E-state index contributed by atoms with van der Waals surface area (Å²) in [4.78, 5) is 30.5. The molecule has 0 bridgehead atoms. The number of carboxylic acids is 1. The van der Waals surface area contributed by atoms with E-state index in [4.69, 9.17) is 33.0 Å². The van der Waals surface area contributed by atoms with Gasteiger partial charge in [-0.1, -0.05) is 35.3 Å². The van der Waals surface area contributed by atoms with Crippen LogP contribution >= 0.6 is 23.2 Å². The van der Waals surface area contributed by atoms with Crippen LogP contribution in [-0.4, -0.2) is 38.6 Å². The molecule has 0 aliphatic carbocycles. The number of pyridine rings is 2. The normalized spacial score (nSPS) is 10.6. The third-order valence-electron chi connectivity index (χ3n) is 3.42. The molecule has 8 nitrogen and oxygen atoms in total. The van der Waals surface area contributed by atoms with E-state index in [2.05, 4.69) is 15.3 Å². The van der Waals surface area contributed by atoms with E-state index in [9.17, 15) is 14.7 Å². The van der Waals surface area contributed by atoms with Crippen LogP contribution in [0.2, 0.25) is 10.2 Å². The quantitative estimate of drug-likeness (QED) is 0.554. The summed E-state index contributed by atoms with van der Waals surface area (Å²) < 4.78 is 5.60. The number of aromatic nitrogens is 2. The lowest BCUT2D eigenvalue weighted by molar-refractivity contribution is -0.135. The van der Waals surface area contributed by atoms with Crippen LogP contribution in [0, 0.1) is 0 Å². The van der Waals surface area contributed by atoms with Crippen molar-refractivity contribution in [2.45, 2.75) is 0 Å². The van der Waals surface area contributed by atoms with Crippen molar-refractivity contribution >= 4 is 46.0 Å². The van der Waals surface area contributed by atoms with Crippen LogP contribution in [0.4, 0.5) is 0 Å². The number of rotatable bonds is 5. The number of aromatic hydroxyl groups is 1. The number of carboxylic acid groups (broad SMARTS) is 1. The van der Waals surface area contributed by atoms with Gasteiger partial charge < -0.3 is 20.3 Å². The molecule has 10 heteroatoms. The summed E-state index contributed by atoms with van der Waals surface area (Å²) in [5.41, 5.74) is -0.302. The molecule has 0 aliphatic heterocycles. The van der Waals surface area contributed by atoms with Crippen LogP contribution in [0.3, 0.4) is 0 Å². The highest BCUT2D eigenvalue weighted by molar-refractivity contribution is 6.34. The number of aliphatic carboxylic acids is 1. The summed E-state index contributed by atoms with van der Waals surface area (Å²) in [6, 6.07) is 9.71. The molecule has 0 radical (unpaired) electrons. The van der Waals surface area contributed by atoms with Crippen LogP contribution < -0.4 is 10.1 Å². The Bertz CT molecular complexity index is 1060. The third kappa shape index (κ3) is 4.02. The molecular formula is C17H11Cl2N3O5. The van der Waals surface area contributed by atoms with Gasteiger partial charge in [-0.3, -0.25) is 9.59 Å². The average molecular weight is 408 g/mol. The van der Waals surface area contributed by atoms with Gasteiger partial charge in [0.25, 0.3) is 5.91 Å². The van der Waals surface area contributed by atoms with Gasteiger partial charge in [-0.05, 0) is 18.2 Å². The molecule has 138 valence electrons. The second-order valence-electron chi connectivity index (χ2n) is 5.25. The topological polar surface area (TPSA) is 122 Å². The molecule has 2 heterocycles. The molecule has 0 aliphatic rings. The first kappa shape index (κ1) is 18.7. The third-order valence-corrected chi connectivity index (χ3v) is 4.00. The minimum Gasteiger partial charge on any atom is -0.505 e. The first-order valence-corrected chi connectivity index (χ1v) is 8.24. The smallest absolute Gasteiger partial charge is 0.322 e. The zero-order valence-electron chi connectivity index (χ0n) is 13.4. The van der Waals surface area contributed by atoms with E-state index in [1.807, 2.05) is 0 Å². The number of para-hydroxylation sites is 1. The van der Waals surface area contributed by atoms with Crippen molar-refractivity contribution in [3.63, 3.8) is 0 Å². The van der Waals surface area contributed by atoms with Gasteiger partial charge in [-0.2, -0.15) is 0 Å². The lowest BCUT2D eigenvalue weighted by Gasteiger charge is -2.10. The van der Waals surface area contributed by atoms with Gasteiger partial charge in [0.1, 0.15) is 17.8 Å². The van der Waals surface area contributed by atoms with Crippen molar-refractivity contribution in [2.75, 3.05) is 6.54 Å². The molecule has 0 fully saturated rings. The summed E-state index contributed by atoms with van der Waals surface area (Å²) >= 11 is 12.1. The van der Waals surface area contributed by atoms with E-state index in [1.54, 1.807) is 24.3 Å². The highest BCUT2D eigenvalue weighted by Crippen LogP contribution is 2.34. The number of amides is 1. The second-order valence-corrected chi connectivity index (χ2v) is 6.02. The van der Waals surface area contributed by atoms with Crippen molar-refractivity contribution in [3.8, 4) is 17.4 Å². The Kier molecular flexibility index (Phi) is 5.29. The highest BCUT2D eigenvalue weighted by atomic mass is 35.5. The fraction of sp³-hybridized carbons (Fsp3) is 0.0588.